The summed E-state index contributed by atoms with van der Waals surface area (Å²) in [5.74, 6) is -0.258. The summed E-state index contributed by atoms with van der Waals surface area (Å²) in [5.41, 5.74) is 2.09. The summed E-state index contributed by atoms with van der Waals surface area (Å²) in [5, 5.41) is 15.4. The van der Waals surface area contributed by atoms with E-state index in [1.54, 1.807) is 10.6 Å². The molecule has 1 amide bonds. The number of hydrogen-bond donors (Lipinski definition) is 2. The van der Waals surface area contributed by atoms with Crippen LogP contribution in [-0.2, 0) is 0 Å². The van der Waals surface area contributed by atoms with Crippen molar-refractivity contribution in [1.82, 2.24) is 30.0 Å². The van der Waals surface area contributed by atoms with Crippen molar-refractivity contribution in [2.75, 3.05) is 5.32 Å². The van der Waals surface area contributed by atoms with E-state index in [2.05, 4.69) is 30.9 Å². The Balaban J connectivity index is 1.92. The van der Waals surface area contributed by atoms with Gasteiger partial charge in [-0.25, -0.2) is 4.98 Å². The normalized spacial score (nSPS) is 10.7. The van der Waals surface area contributed by atoms with E-state index in [0.29, 0.717) is 11.3 Å². The summed E-state index contributed by atoms with van der Waals surface area (Å²) in [6.07, 6.45) is 3.49. The van der Waals surface area contributed by atoms with E-state index in [0.717, 1.165) is 5.56 Å². The van der Waals surface area contributed by atoms with E-state index in [9.17, 15) is 4.79 Å². The van der Waals surface area contributed by atoms with Gasteiger partial charge in [0.05, 0.1) is 0 Å². The number of aromatic amines is 1. The maximum Gasteiger partial charge on any atom is 0.278 e. The van der Waals surface area contributed by atoms with E-state index in [4.69, 9.17) is 0 Å². The molecule has 0 aliphatic carbocycles. The standard InChI is InChI=1S/C10H9N7O/c1-6-2-3-17-5-7(11-8(17)4-6)9(18)12-10-13-15-16-14-10/h2-5H,1H3,(H2,12,13,14,15,16,18). The SMILES string of the molecule is Cc1ccn2cc(C(=O)Nc3nn[nH]n3)nc2c1. The number of rotatable bonds is 2. The van der Waals surface area contributed by atoms with Gasteiger partial charge in [-0.15, -0.1) is 5.10 Å². The molecule has 0 atom stereocenters. The summed E-state index contributed by atoms with van der Waals surface area (Å²) in [7, 11) is 0. The van der Waals surface area contributed by atoms with Crippen molar-refractivity contribution in [1.29, 1.82) is 0 Å². The second-order valence-electron chi connectivity index (χ2n) is 3.79. The predicted octanol–water partition coefficient (Wildman–Crippen LogP) is 0.408. The first-order valence-corrected chi connectivity index (χ1v) is 5.22. The first-order chi connectivity index (χ1) is 8.72. The van der Waals surface area contributed by atoms with Crippen LogP contribution in [0.15, 0.2) is 24.5 Å². The smallest absolute Gasteiger partial charge is 0.278 e. The van der Waals surface area contributed by atoms with Gasteiger partial charge < -0.3 is 4.40 Å². The summed E-state index contributed by atoms with van der Waals surface area (Å²) in [4.78, 5) is 16.1. The molecule has 0 spiro atoms. The maximum atomic E-state index is 11.9. The lowest BCUT2D eigenvalue weighted by Crippen LogP contribution is -2.13. The number of nitrogens with zero attached hydrogens (tertiary/aromatic N) is 5. The van der Waals surface area contributed by atoms with E-state index in [-0.39, 0.29) is 11.9 Å². The summed E-state index contributed by atoms with van der Waals surface area (Å²) >= 11 is 0. The number of tetrazole rings is 1. The number of nitrogens with one attached hydrogen (secondary N) is 2. The Morgan fingerprint density at radius 1 is 1.50 bits per heavy atom. The molecule has 0 aliphatic heterocycles. The van der Waals surface area contributed by atoms with Gasteiger partial charge in [-0.05, 0) is 29.8 Å². The van der Waals surface area contributed by atoms with Crippen LogP contribution in [0.4, 0.5) is 5.95 Å². The van der Waals surface area contributed by atoms with Gasteiger partial charge >= 0.3 is 0 Å². The van der Waals surface area contributed by atoms with Crippen LogP contribution in [0.5, 0.6) is 0 Å². The second-order valence-corrected chi connectivity index (χ2v) is 3.79. The average molecular weight is 243 g/mol. The number of carbonyl (C=O) groups is 1. The molecule has 3 heterocycles. The van der Waals surface area contributed by atoms with E-state index in [1.165, 1.54) is 0 Å². The lowest BCUT2D eigenvalue weighted by molar-refractivity contribution is 0.102. The van der Waals surface area contributed by atoms with Crippen LogP contribution >= 0.6 is 0 Å². The Bertz CT molecular complexity index is 700. The fraction of sp³-hybridized carbons (Fsp3) is 0.100. The van der Waals surface area contributed by atoms with Crippen molar-refractivity contribution < 1.29 is 4.79 Å². The number of hydrogen-bond acceptors (Lipinski definition) is 5. The number of aryl methyl sites for hydroxylation is 1. The Morgan fingerprint density at radius 3 is 3.17 bits per heavy atom. The number of imidazole rings is 1. The van der Waals surface area contributed by atoms with Gasteiger partial charge in [0.25, 0.3) is 11.9 Å². The highest BCUT2D eigenvalue weighted by atomic mass is 16.2. The lowest BCUT2D eigenvalue weighted by atomic mass is 10.3. The quantitative estimate of drug-likeness (QED) is 0.678. The fourth-order valence-corrected chi connectivity index (χ4v) is 1.57. The first-order valence-electron chi connectivity index (χ1n) is 5.22. The maximum absolute atomic E-state index is 11.9. The van der Waals surface area contributed by atoms with Crippen molar-refractivity contribution in [2.24, 2.45) is 0 Å². The van der Waals surface area contributed by atoms with Crippen LogP contribution in [-0.4, -0.2) is 35.9 Å². The molecule has 90 valence electrons. The number of pyridine rings is 1. The first kappa shape index (κ1) is 10.4. The third kappa shape index (κ3) is 1.79. The van der Waals surface area contributed by atoms with Gasteiger partial charge in [0.1, 0.15) is 11.3 Å². The fourth-order valence-electron chi connectivity index (χ4n) is 1.57. The molecule has 2 N–H and O–H groups in total. The molecule has 18 heavy (non-hydrogen) atoms. The van der Waals surface area contributed by atoms with Crippen LogP contribution in [0.1, 0.15) is 16.1 Å². The minimum Gasteiger partial charge on any atom is -0.306 e. The molecular weight excluding hydrogens is 234 g/mol. The number of carbonyl (C=O) groups excluding carboxylic acids is 1. The molecular formula is C10H9N7O. The van der Waals surface area contributed by atoms with Crippen LogP contribution in [0.2, 0.25) is 0 Å². The zero-order valence-electron chi connectivity index (χ0n) is 9.45. The Hall–Kier alpha value is -2.77. The molecule has 3 aromatic rings. The molecule has 8 heteroatoms. The van der Waals surface area contributed by atoms with Crippen molar-refractivity contribution >= 4 is 17.5 Å². The number of aromatic nitrogens is 6. The van der Waals surface area contributed by atoms with Crippen molar-refractivity contribution in [3.8, 4) is 0 Å². The van der Waals surface area contributed by atoms with Crippen LogP contribution < -0.4 is 5.32 Å². The molecule has 0 radical (unpaired) electrons. The van der Waals surface area contributed by atoms with Gasteiger partial charge in [-0.1, -0.05) is 5.10 Å². The van der Waals surface area contributed by atoms with Crippen LogP contribution in [0, 0.1) is 6.92 Å². The predicted molar refractivity (Wildman–Crippen MR) is 62.1 cm³/mol. The summed E-state index contributed by atoms with van der Waals surface area (Å²) < 4.78 is 1.78. The van der Waals surface area contributed by atoms with Crippen molar-refractivity contribution in [3.05, 3.63) is 35.8 Å². The Morgan fingerprint density at radius 2 is 2.39 bits per heavy atom. The molecule has 3 aromatic heterocycles. The molecule has 8 nitrogen and oxygen atoms in total. The number of anilines is 1. The lowest BCUT2D eigenvalue weighted by Gasteiger charge is -1.93. The monoisotopic (exact) mass is 243 g/mol. The molecule has 0 saturated heterocycles. The van der Waals surface area contributed by atoms with E-state index < -0.39 is 0 Å². The molecule has 3 rings (SSSR count). The third-order valence-electron chi connectivity index (χ3n) is 2.42. The average Bonchev–Trinajstić information content (AvgIpc) is 2.96. The Labute approximate surface area is 101 Å². The molecule has 0 fully saturated rings. The highest BCUT2D eigenvalue weighted by molar-refractivity contribution is 6.02. The van der Waals surface area contributed by atoms with Crippen molar-refractivity contribution in [2.45, 2.75) is 6.92 Å². The zero-order chi connectivity index (χ0) is 12.5. The third-order valence-corrected chi connectivity index (χ3v) is 2.42. The molecule has 0 bridgehead atoms. The highest BCUT2D eigenvalue weighted by Crippen LogP contribution is 2.08. The van der Waals surface area contributed by atoms with Gasteiger partial charge in [0.15, 0.2) is 0 Å². The number of H-pyrrole nitrogens is 1. The minimum atomic E-state index is -0.377. The molecule has 0 aliphatic rings. The molecule has 0 unspecified atom stereocenters. The minimum absolute atomic E-state index is 0.119. The van der Waals surface area contributed by atoms with Gasteiger partial charge in [-0.2, -0.15) is 5.21 Å². The van der Waals surface area contributed by atoms with Crippen molar-refractivity contribution in [3.63, 3.8) is 0 Å². The van der Waals surface area contributed by atoms with Crippen LogP contribution in [0.25, 0.3) is 5.65 Å². The second kappa shape index (κ2) is 3.91. The molecule has 0 aromatic carbocycles. The Kier molecular flexibility index (Phi) is 2.26. The highest BCUT2D eigenvalue weighted by Gasteiger charge is 2.12. The topological polar surface area (TPSA) is 101 Å². The van der Waals surface area contributed by atoms with Gasteiger partial charge in [-0.3, -0.25) is 10.1 Å². The largest absolute Gasteiger partial charge is 0.306 e. The number of amides is 1. The number of fused-ring (bicyclic) bond motifs is 1. The van der Waals surface area contributed by atoms with Gasteiger partial charge in [0.2, 0.25) is 0 Å². The van der Waals surface area contributed by atoms with Crippen LogP contribution in [0.3, 0.4) is 0 Å². The summed E-state index contributed by atoms with van der Waals surface area (Å²) in [6, 6.07) is 3.83. The summed E-state index contributed by atoms with van der Waals surface area (Å²) in [6.45, 7) is 1.97. The van der Waals surface area contributed by atoms with E-state index >= 15 is 0 Å². The molecule has 0 saturated carbocycles. The van der Waals surface area contributed by atoms with E-state index in [1.807, 2.05) is 25.3 Å². The zero-order valence-corrected chi connectivity index (χ0v) is 9.45. The van der Waals surface area contributed by atoms with Gasteiger partial charge in [0, 0.05) is 12.4 Å².